The Labute approximate surface area is 132 Å². The van der Waals surface area contributed by atoms with Gasteiger partial charge in [-0.2, -0.15) is 13.2 Å². The van der Waals surface area contributed by atoms with Gasteiger partial charge >= 0.3 is 5.51 Å². The van der Waals surface area contributed by atoms with Crippen molar-refractivity contribution < 1.29 is 18.0 Å². The van der Waals surface area contributed by atoms with Crippen molar-refractivity contribution in [1.82, 2.24) is 10.6 Å². The van der Waals surface area contributed by atoms with E-state index in [1.165, 1.54) is 30.7 Å². The Morgan fingerprint density at radius 3 is 2.64 bits per heavy atom. The van der Waals surface area contributed by atoms with Crippen molar-refractivity contribution >= 4 is 17.7 Å². The van der Waals surface area contributed by atoms with Gasteiger partial charge in [0.15, 0.2) is 0 Å². The van der Waals surface area contributed by atoms with Crippen LogP contribution in [0.3, 0.4) is 0 Å². The number of rotatable bonds is 5. The van der Waals surface area contributed by atoms with Crippen LogP contribution in [0.2, 0.25) is 0 Å². The number of benzene rings is 1. The van der Waals surface area contributed by atoms with Crippen LogP contribution < -0.4 is 10.6 Å². The van der Waals surface area contributed by atoms with Crippen LogP contribution in [0.25, 0.3) is 0 Å². The molecule has 2 N–H and O–H groups in total. The van der Waals surface area contributed by atoms with E-state index in [4.69, 9.17) is 0 Å². The lowest BCUT2D eigenvalue weighted by Gasteiger charge is -2.22. The van der Waals surface area contributed by atoms with Gasteiger partial charge in [-0.05, 0) is 74.3 Å². The highest BCUT2D eigenvalue weighted by Gasteiger charge is 2.29. The first-order valence-electron chi connectivity index (χ1n) is 7.29. The minimum absolute atomic E-state index is 0.0809. The third-order valence-corrected chi connectivity index (χ3v) is 4.33. The van der Waals surface area contributed by atoms with Gasteiger partial charge in [0.05, 0.1) is 0 Å². The molecule has 0 aromatic heterocycles. The Hall–Kier alpha value is -1.21. The predicted molar refractivity (Wildman–Crippen MR) is 80.9 cm³/mol. The summed E-state index contributed by atoms with van der Waals surface area (Å²) in [6.07, 6.45) is 3.25. The van der Waals surface area contributed by atoms with Crippen LogP contribution in [0.1, 0.15) is 29.6 Å². The first kappa shape index (κ1) is 17.1. The van der Waals surface area contributed by atoms with Crippen LogP contribution in [0, 0.1) is 5.92 Å². The molecule has 0 aliphatic carbocycles. The van der Waals surface area contributed by atoms with Crippen LogP contribution >= 0.6 is 11.8 Å². The molecule has 1 saturated heterocycles. The van der Waals surface area contributed by atoms with Gasteiger partial charge in [-0.15, -0.1) is 0 Å². The lowest BCUT2D eigenvalue weighted by molar-refractivity contribution is -0.0328. The number of thioether (sulfide) groups is 1. The Morgan fingerprint density at radius 1 is 1.32 bits per heavy atom. The van der Waals surface area contributed by atoms with E-state index in [9.17, 15) is 18.0 Å². The molecule has 1 amide bonds. The maximum atomic E-state index is 12.2. The van der Waals surface area contributed by atoms with Crippen molar-refractivity contribution in [2.45, 2.75) is 29.7 Å². The Morgan fingerprint density at radius 2 is 2.05 bits per heavy atom. The molecule has 7 heteroatoms. The summed E-state index contributed by atoms with van der Waals surface area (Å²) in [6.45, 7) is 2.63. The maximum absolute atomic E-state index is 12.2. The summed E-state index contributed by atoms with van der Waals surface area (Å²) in [5.41, 5.74) is -3.93. The maximum Gasteiger partial charge on any atom is 0.446 e. The van der Waals surface area contributed by atoms with Crippen molar-refractivity contribution in [3.8, 4) is 0 Å². The zero-order valence-corrected chi connectivity index (χ0v) is 12.9. The molecular weight excluding hydrogens is 313 g/mol. The largest absolute Gasteiger partial charge is 0.446 e. The van der Waals surface area contributed by atoms with Gasteiger partial charge in [-0.1, -0.05) is 0 Å². The van der Waals surface area contributed by atoms with E-state index in [0.29, 0.717) is 18.0 Å². The molecule has 1 aromatic rings. The average Bonchev–Trinajstić information content (AvgIpc) is 2.47. The molecule has 0 spiro atoms. The number of carbonyl (C=O) groups is 1. The summed E-state index contributed by atoms with van der Waals surface area (Å²) in [5, 5.41) is 6.14. The molecular formula is C15H19F3N2OS. The fourth-order valence-electron chi connectivity index (χ4n) is 2.47. The number of nitrogens with one attached hydrogen (secondary N) is 2. The van der Waals surface area contributed by atoms with E-state index < -0.39 is 5.51 Å². The third-order valence-electron chi connectivity index (χ3n) is 3.59. The lowest BCUT2D eigenvalue weighted by Crippen LogP contribution is -2.33. The molecule has 3 nitrogen and oxygen atoms in total. The molecule has 0 bridgehead atoms. The zero-order chi connectivity index (χ0) is 16.0. The molecule has 1 fully saturated rings. The second-order valence-corrected chi connectivity index (χ2v) is 6.47. The predicted octanol–water partition coefficient (Wildman–Crippen LogP) is 3.42. The Bertz CT molecular complexity index is 485. The average molecular weight is 332 g/mol. The summed E-state index contributed by atoms with van der Waals surface area (Å²) in [6, 6.07) is 5.48. The number of piperidine rings is 1. The van der Waals surface area contributed by atoms with Gasteiger partial charge in [0.1, 0.15) is 0 Å². The summed E-state index contributed by atoms with van der Waals surface area (Å²) in [4.78, 5) is 12.0. The van der Waals surface area contributed by atoms with Crippen LogP contribution in [-0.2, 0) is 0 Å². The van der Waals surface area contributed by atoms with E-state index in [1.807, 2.05) is 0 Å². The van der Waals surface area contributed by atoms with Gasteiger partial charge in [-0.25, -0.2) is 0 Å². The summed E-state index contributed by atoms with van der Waals surface area (Å²) < 4.78 is 36.7. The van der Waals surface area contributed by atoms with E-state index in [2.05, 4.69) is 10.6 Å². The smallest absolute Gasteiger partial charge is 0.352 e. The highest BCUT2D eigenvalue weighted by Crippen LogP contribution is 2.36. The molecule has 122 valence electrons. The van der Waals surface area contributed by atoms with Gasteiger partial charge < -0.3 is 10.6 Å². The Kier molecular flexibility index (Phi) is 6.14. The number of alkyl halides is 3. The second-order valence-electron chi connectivity index (χ2n) is 5.33. The van der Waals surface area contributed by atoms with E-state index >= 15 is 0 Å². The van der Waals surface area contributed by atoms with Crippen LogP contribution in [0.15, 0.2) is 29.2 Å². The number of hydrogen-bond acceptors (Lipinski definition) is 3. The van der Waals surface area contributed by atoms with Gasteiger partial charge in [0.25, 0.3) is 5.91 Å². The quantitative estimate of drug-likeness (QED) is 0.812. The minimum atomic E-state index is -4.31. The lowest BCUT2D eigenvalue weighted by atomic mass is 9.96. The monoisotopic (exact) mass is 332 g/mol. The molecule has 2 rings (SSSR count). The summed E-state index contributed by atoms with van der Waals surface area (Å²) >= 11 is -0.181. The Balaban J connectivity index is 1.77. The van der Waals surface area contributed by atoms with Crippen LogP contribution in [-0.4, -0.2) is 31.0 Å². The number of halogens is 3. The van der Waals surface area contributed by atoms with Gasteiger partial charge in [0.2, 0.25) is 0 Å². The molecule has 22 heavy (non-hydrogen) atoms. The zero-order valence-electron chi connectivity index (χ0n) is 12.1. The second kappa shape index (κ2) is 7.87. The van der Waals surface area contributed by atoms with Crippen LogP contribution in [0.5, 0.6) is 0 Å². The normalized spacial score (nSPS) is 19.0. The first-order valence-corrected chi connectivity index (χ1v) is 8.10. The molecule has 1 aliphatic rings. The summed E-state index contributed by atoms with van der Waals surface area (Å²) in [7, 11) is 0. The highest BCUT2D eigenvalue weighted by molar-refractivity contribution is 8.00. The molecule has 1 heterocycles. The summed E-state index contributed by atoms with van der Waals surface area (Å²) in [5.74, 6) is 0.340. The third kappa shape index (κ3) is 5.88. The van der Waals surface area contributed by atoms with Crippen molar-refractivity contribution in [2.75, 3.05) is 19.6 Å². The molecule has 1 aromatic carbocycles. The topological polar surface area (TPSA) is 41.1 Å². The highest BCUT2D eigenvalue weighted by atomic mass is 32.2. The van der Waals surface area contributed by atoms with Crippen molar-refractivity contribution in [2.24, 2.45) is 5.92 Å². The van der Waals surface area contributed by atoms with Crippen molar-refractivity contribution in [1.29, 1.82) is 0 Å². The number of amides is 1. The van der Waals surface area contributed by atoms with E-state index in [-0.39, 0.29) is 22.6 Å². The fraction of sp³-hybridized carbons (Fsp3) is 0.533. The first-order chi connectivity index (χ1) is 10.4. The van der Waals surface area contributed by atoms with Crippen molar-refractivity contribution in [3.05, 3.63) is 29.8 Å². The molecule has 0 saturated carbocycles. The van der Waals surface area contributed by atoms with Gasteiger partial charge in [-0.3, -0.25) is 4.79 Å². The fourth-order valence-corrected chi connectivity index (χ4v) is 3.01. The van der Waals surface area contributed by atoms with E-state index in [0.717, 1.165) is 25.9 Å². The van der Waals surface area contributed by atoms with E-state index in [1.54, 1.807) is 0 Å². The molecule has 1 unspecified atom stereocenters. The standard InChI is InChI=1S/C15H19F3N2OS/c16-15(17,18)22-13-5-3-12(4-6-13)14(21)20-9-7-11-2-1-8-19-10-11/h3-6,11,19H,1-2,7-10H2,(H,20,21). The van der Waals surface area contributed by atoms with Crippen LogP contribution in [0.4, 0.5) is 13.2 Å². The molecule has 1 atom stereocenters. The minimum Gasteiger partial charge on any atom is -0.352 e. The number of carbonyl (C=O) groups excluding carboxylic acids is 1. The van der Waals surface area contributed by atoms with Crippen molar-refractivity contribution in [3.63, 3.8) is 0 Å². The van der Waals surface area contributed by atoms with Gasteiger partial charge in [0, 0.05) is 17.0 Å². The number of hydrogen-bond donors (Lipinski definition) is 2. The molecule has 0 radical (unpaired) electrons. The SMILES string of the molecule is O=C(NCCC1CCCNC1)c1ccc(SC(F)(F)F)cc1. The molecule has 1 aliphatic heterocycles.